The van der Waals surface area contributed by atoms with Crippen molar-refractivity contribution in [1.82, 2.24) is 14.9 Å². The van der Waals surface area contributed by atoms with Crippen LogP contribution in [0.2, 0.25) is 0 Å². The van der Waals surface area contributed by atoms with Gasteiger partial charge in [0, 0.05) is 32.7 Å². The average molecular weight is 305 g/mol. The molecule has 2 heterocycles. The van der Waals surface area contributed by atoms with E-state index in [-0.39, 0.29) is 17.9 Å². The van der Waals surface area contributed by atoms with E-state index in [1.54, 1.807) is 0 Å². The smallest absolute Gasteiger partial charge is 0.374 e. The van der Waals surface area contributed by atoms with Crippen molar-refractivity contribution in [2.45, 2.75) is 12.3 Å². The van der Waals surface area contributed by atoms with E-state index >= 15 is 0 Å². The molecule has 2 rings (SSSR count). The molecule has 1 aliphatic heterocycles. The third-order valence-electron chi connectivity index (χ3n) is 3.09. The normalized spacial score (nSPS) is 20.3. The van der Waals surface area contributed by atoms with Crippen molar-refractivity contribution >= 4 is 11.8 Å². The summed E-state index contributed by atoms with van der Waals surface area (Å²) in [4.78, 5) is 9.48. The van der Waals surface area contributed by atoms with Gasteiger partial charge in [-0.3, -0.25) is 0 Å². The van der Waals surface area contributed by atoms with E-state index in [0.717, 1.165) is 19.2 Å². The van der Waals surface area contributed by atoms with Gasteiger partial charge in [-0.2, -0.15) is 18.2 Å². The van der Waals surface area contributed by atoms with Crippen LogP contribution in [-0.4, -0.2) is 61.3 Å². The van der Waals surface area contributed by atoms with E-state index < -0.39 is 11.9 Å². The minimum atomic E-state index is -4.51. The van der Waals surface area contributed by atoms with Gasteiger partial charge in [0.15, 0.2) is 5.69 Å². The molecule has 0 radical (unpaired) electrons. The maximum atomic E-state index is 12.8. The summed E-state index contributed by atoms with van der Waals surface area (Å²) in [6, 6.07) is 0.896. The van der Waals surface area contributed by atoms with E-state index in [1.165, 1.54) is 7.05 Å². The summed E-state index contributed by atoms with van der Waals surface area (Å²) in [6.45, 7) is 2.58. The number of nitrogens with zero attached hydrogens (tertiary/aromatic N) is 3. The first-order valence-electron chi connectivity index (χ1n) is 6.56. The lowest BCUT2D eigenvalue weighted by atomic mass is 10.3. The SMILES string of the molecule is CNc1nc(NCC2CN(C)CCO2)cc(C(F)(F)F)n1. The van der Waals surface area contributed by atoms with Gasteiger partial charge in [0.2, 0.25) is 5.95 Å². The Labute approximate surface area is 120 Å². The Kier molecular flexibility index (Phi) is 4.84. The summed E-state index contributed by atoms with van der Waals surface area (Å²) in [5.41, 5.74) is -0.981. The molecule has 1 saturated heterocycles. The lowest BCUT2D eigenvalue weighted by Gasteiger charge is -2.30. The van der Waals surface area contributed by atoms with Crippen LogP contribution in [-0.2, 0) is 10.9 Å². The largest absolute Gasteiger partial charge is 0.433 e. The highest BCUT2D eigenvalue weighted by Crippen LogP contribution is 2.29. The molecule has 1 aromatic rings. The van der Waals surface area contributed by atoms with Gasteiger partial charge < -0.3 is 20.3 Å². The van der Waals surface area contributed by atoms with Crippen LogP contribution in [0.5, 0.6) is 0 Å². The van der Waals surface area contributed by atoms with Crippen molar-refractivity contribution in [2.24, 2.45) is 0 Å². The lowest BCUT2D eigenvalue weighted by molar-refractivity contribution is -0.141. The molecule has 1 unspecified atom stereocenters. The standard InChI is InChI=1S/C12H18F3N5O/c1-16-11-18-9(12(13,14)15)5-10(19-11)17-6-8-7-20(2)3-4-21-8/h5,8H,3-4,6-7H2,1-2H3,(H2,16,17,18,19). The van der Waals surface area contributed by atoms with Gasteiger partial charge >= 0.3 is 6.18 Å². The number of hydrogen-bond donors (Lipinski definition) is 2. The minimum Gasteiger partial charge on any atom is -0.374 e. The number of likely N-dealkylation sites (N-methyl/N-ethyl adjacent to an activating group) is 1. The minimum absolute atomic E-state index is 0.0750. The Morgan fingerprint density at radius 3 is 2.81 bits per heavy atom. The van der Waals surface area contributed by atoms with Crippen LogP contribution in [0.15, 0.2) is 6.07 Å². The van der Waals surface area contributed by atoms with Crippen molar-refractivity contribution in [3.05, 3.63) is 11.8 Å². The summed E-state index contributed by atoms with van der Waals surface area (Å²) in [5.74, 6) is 0.0486. The highest BCUT2D eigenvalue weighted by atomic mass is 19.4. The second kappa shape index (κ2) is 6.44. The monoisotopic (exact) mass is 305 g/mol. The molecule has 0 amide bonds. The number of rotatable bonds is 4. The molecular formula is C12H18F3N5O. The van der Waals surface area contributed by atoms with Crippen LogP contribution >= 0.6 is 0 Å². The van der Waals surface area contributed by atoms with Gasteiger partial charge in [0.1, 0.15) is 5.82 Å². The van der Waals surface area contributed by atoms with Gasteiger partial charge in [-0.1, -0.05) is 0 Å². The fourth-order valence-corrected chi connectivity index (χ4v) is 2.00. The van der Waals surface area contributed by atoms with Crippen molar-refractivity contribution in [1.29, 1.82) is 0 Å². The van der Waals surface area contributed by atoms with Crippen LogP contribution in [0.4, 0.5) is 24.9 Å². The van der Waals surface area contributed by atoms with Gasteiger partial charge in [-0.05, 0) is 7.05 Å². The van der Waals surface area contributed by atoms with Crippen molar-refractivity contribution in [3.8, 4) is 0 Å². The predicted molar refractivity (Wildman–Crippen MR) is 72.3 cm³/mol. The molecule has 6 nitrogen and oxygen atoms in total. The molecule has 2 N–H and O–H groups in total. The highest BCUT2D eigenvalue weighted by molar-refractivity contribution is 5.43. The Morgan fingerprint density at radius 2 is 2.19 bits per heavy atom. The molecule has 1 atom stereocenters. The quantitative estimate of drug-likeness (QED) is 0.874. The van der Waals surface area contributed by atoms with Crippen LogP contribution in [0.3, 0.4) is 0 Å². The Balaban J connectivity index is 2.05. The van der Waals surface area contributed by atoms with Gasteiger partial charge in [-0.15, -0.1) is 0 Å². The van der Waals surface area contributed by atoms with E-state index in [4.69, 9.17) is 4.74 Å². The topological polar surface area (TPSA) is 62.3 Å². The maximum absolute atomic E-state index is 12.8. The number of ether oxygens (including phenoxy) is 1. The molecule has 1 aliphatic rings. The van der Waals surface area contributed by atoms with Gasteiger partial charge in [0.25, 0.3) is 0 Å². The number of aromatic nitrogens is 2. The number of anilines is 2. The van der Waals surface area contributed by atoms with Crippen molar-refractivity contribution < 1.29 is 17.9 Å². The zero-order valence-corrected chi connectivity index (χ0v) is 11.9. The molecule has 1 aromatic heterocycles. The first-order valence-corrected chi connectivity index (χ1v) is 6.56. The predicted octanol–water partition coefficient (Wildman–Crippen LogP) is 1.28. The molecule has 0 aliphatic carbocycles. The average Bonchev–Trinajstić information content (AvgIpc) is 2.44. The summed E-state index contributed by atoms with van der Waals surface area (Å²) < 4.78 is 43.8. The number of nitrogens with one attached hydrogen (secondary N) is 2. The van der Waals surface area contributed by atoms with Crippen LogP contribution in [0.1, 0.15) is 5.69 Å². The Bertz CT molecular complexity index is 482. The molecule has 0 saturated carbocycles. The molecule has 0 aromatic carbocycles. The number of alkyl halides is 3. The molecule has 0 bridgehead atoms. The van der Waals surface area contributed by atoms with Crippen molar-refractivity contribution in [2.75, 3.05) is 51.0 Å². The second-order valence-corrected chi connectivity index (χ2v) is 4.85. The van der Waals surface area contributed by atoms with Crippen LogP contribution in [0.25, 0.3) is 0 Å². The summed E-state index contributed by atoms with van der Waals surface area (Å²) in [7, 11) is 3.44. The first kappa shape index (κ1) is 15.8. The zero-order valence-electron chi connectivity index (χ0n) is 11.9. The van der Waals surface area contributed by atoms with E-state index in [1.807, 2.05) is 7.05 Å². The molecule has 9 heteroatoms. The molecule has 0 spiro atoms. The van der Waals surface area contributed by atoms with Gasteiger partial charge in [0.05, 0.1) is 12.7 Å². The highest BCUT2D eigenvalue weighted by Gasteiger charge is 2.33. The fourth-order valence-electron chi connectivity index (χ4n) is 2.00. The number of halogens is 3. The summed E-state index contributed by atoms with van der Waals surface area (Å²) in [6.07, 6.45) is -4.59. The second-order valence-electron chi connectivity index (χ2n) is 4.85. The third-order valence-corrected chi connectivity index (χ3v) is 3.09. The van der Waals surface area contributed by atoms with E-state index in [9.17, 15) is 13.2 Å². The van der Waals surface area contributed by atoms with Crippen molar-refractivity contribution in [3.63, 3.8) is 0 Å². The van der Waals surface area contributed by atoms with Gasteiger partial charge in [-0.25, -0.2) is 4.98 Å². The number of morpholine rings is 1. The molecule has 21 heavy (non-hydrogen) atoms. The zero-order chi connectivity index (χ0) is 15.5. The van der Waals surface area contributed by atoms with Crippen LogP contribution < -0.4 is 10.6 Å². The maximum Gasteiger partial charge on any atom is 0.433 e. The molecule has 1 fully saturated rings. The van der Waals surface area contributed by atoms with E-state index in [2.05, 4.69) is 25.5 Å². The third kappa shape index (κ3) is 4.43. The lowest BCUT2D eigenvalue weighted by Crippen LogP contribution is -2.43. The molecule has 118 valence electrons. The molecular weight excluding hydrogens is 287 g/mol. The first-order chi connectivity index (χ1) is 9.88. The summed E-state index contributed by atoms with van der Waals surface area (Å²) in [5, 5.41) is 5.40. The fraction of sp³-hybridized carbons (Fsp3) is 0.667. The summed E-state index contributed by atoms with van der Waals surface area (Å²) >= 11 is 0. The number of hydrogen-bond acceptors (Lipinski definition) is 6. The van der Waals surface area contributed by atoms with E-state index in [0.29, 0.717) is 13.2 Å². The Hall–Kier alpha value is -1.61. The Morgan fingerprint density at radius 1 is 1.43 bits per heavy atom. The van der Waals surface area contributed by atoms with Crippen LogP contribution in [0, 0.1) is 0 Å².